The Labute approximate surface area is 180 Å². The highest BCUT2D eigenvalue weighted by Gasteiger charge is 2.61. The average Bonchev–Trinajstić information content (AvgIpc) is 3.11. The number of imide groups is 1. The molecule has 1 heterocycles. The molecule has 154 valence electrons. The minimum absolute atomic E-state index is 0.0341. The van der Waals surface area contributed by atoms with Gasteiger partial charge in [-0.15, -0.1) is 0 Å². The van der Waals surface area contributed by atoms with Gasteiger partial charge in [0.2, 0.25) is 0 Å². The Hall–Kier alpha value is -2.66. The number of halogens is 1. The van der Waals surface area contributed by atoms with Crippen molar-refractivity contribution in [2.24, 2.45) is 17.8 Å². The number of benzene rings is 2. The largest absolute Gasteiger partial charge is 0.349 e. The summed E-state index contributed by atoms with van der Waals surface area (Å²) < 4.78 is 0. The van der Waals surface area contributed by atoms with Crippen molar-refractivity contribution < 1.29 is 14.4 Å². The van der Waals surface area contributed by atoms with Crippen LogP contribution in [0.3, 0.4) is 0 Å². The third-order valence-corrected chi connectivity index (χ3v) is 7.26. The van der Waals surface area contributed by atoms with Crippen LogP contribution in [0.15, 0.2) is 48.5 Å². The van der Waals surface area contributed by atoms with Crippen molar-refractivity contribution in [3.05, 3.63) is 70.2 Å². The first-order valence-electron chi connectivity index (χ1n) is 10.5. The first-order valence-corrected chi connectivity index (χ1v) is 10.9. The van der Waals surface area contributed by atoms with Gasteiger partial charge in [0, 0.05) is 22.7 Å². The molecule has 2 fully saturated rings. The maximum Gasteiger partial charge on any atom is 0.261 e. The van der Waals surface area contributed by atoms with Crippen molar-refractivity contribution in [3.8, 4) is 0 Å². The van der Waals surface area contributed by atoms with Gasteiger partial charge in [0.1, 0.15) is 0 Å². The molecule has 3 amide bonds. The average molecular weight is 423 g/mol. The standard InChI is InChI=1S/C24H23ClN2O3/c1-2-20(26-22(28)13-7-9-14(25)10-8-13)21-18-11-15(12-19(18)21)27-23(29)16-5-3-4-6-17(16)24(27)30/h3-10,15,18-21H,2,11-12H2,1H3,(H,26,28)/t15-,18-,19+,20?,21+. The van der Waals surface area contributed by atoms with Gasteiger partial charge in [0.05, 0.1) is 11.1 Å². The third-order valence-electron chi connectivity index (χ3n) is 7.00. The summed E-state index contributed by atoms with van der Waals surface area (Å²) in [6.07, 6.45) is 2.51. The van der Waals surface area contributed by atoms with Gasteiger partial charge in [0.15, 0.2) is 0 Å². The number of carbonyl (C=O) groups is 3. The van der Waals surface area contributed by atoms with Crippen molar-refractivity contribution in [2.75, 3.05) is 0 Å². The van der Waals surface area contributed by atoms with E-state index in [4.69, 9.17) is 11.6 Å². The van der Waals surface area contributed by atoms with E-state index in [9.17, 15) is 14.4 Å². The molecule has 1 aliphatic heterocycles. The molecule has 2 saturated carbocycles. The lowest BCUT2D eigenvalue weighted by Gasteiger charge is -2.26. The van der Waals surface area contributed by atoms with E-state index >= 15 is 0 Å². The van der Waals surface area contributed by atoms with Crippen LogP contribution in [0.1, 0.15) is 57.3 Å². The fourth-order valence-corrected chi connectivity index (χ4v) is 5.66. The summed E-state index contributed by atoms with van der Waals surface area (Å²) in [6, 6.07) is 14.0. The fourth-order valence-electron chi connectivity index (χ4n) is 5.53. The topological polar surface area (TPSA) is 66.5 Å². The maximum absolute atomic E-state index is 12.8. The Kier molecular flexibility index (Phi) is 4.66. The zero-order valence-corrected chi connectivity index (χ0v) is 17.4. The van der Waals surface area contributed by atoms with Crippen LogP contribution in [-0.4, -0.2) is 34.7 Å². The number of carbonyl (C=O) groups excluding carboxylic acids is 3. The lowest BCUT2D eigenvalue weighted by Crippen LogP contribution is -2.41. The van der Waals surface area contributed by atoms with Gasteiger partial charge in [-0.3, -0.25) is 19.3 Å². The highest BCUT2D eigenvalue weighted by Crippen LogP contribution is 2.60. The van der Waals surface area contributed by atoms with Crippen LogP contribution in [0.2, 0.25) is 5.02 Å². The second-order valence-corrected chi connectivity index (χ2v) is 8.99. The minimum Gasteiger partial charge on any atom is -0.349 e. The molecule has 2 aromatic rings. The van der Waals surface area contributed by atoms with Gasteiger partial charge in [-0.2, -0.15) is 0 Å². The molecule has 5 atom stereocenters. The predicted octanol–water partition coefficient (Wildman–Crippen LogP) is 4.17. The molecular formula is C24H23ClN2O3. The first-order chi connectivity index (χ1) is 14.5. The number of fused-ring (bicyclic) bond motifs is 2. The number of hydrogen-bond donors (Lipinski definition) is 1. The highest BCUT2D eigenvalue weighted by molar-refractivity contribution is 6.30. The number of rotatable bonds is 5. The van der Waals surface area contributed by atoms with Gasteiger partial charge in [0.25, 0.3) is 17.7 Å². The molecule has 5 nitrogen and oxygen atoms in total. The SMILES string of the molecule is CCC(NC(=O)c1ccc(Cl)cc1)[C@H]1[C@@H]2C[C@@H](N3C(=O)c4ccccc4C3=O)C[C@@H]21. The Morgan fingerprint density at radius 1 is 1.03 bits per heavy atom. The zero-order valence-electron chi connectivity index (χ0n) is 16.7. The van der Waals surface area contributed by atoms with Crippen LogP contribution < -0.4 is 5.32 Å². The predicted molar refractivity (Wildman–Crippen MR) is 113 cm³/mol. The van der Waals surface area contributed by atoms with E-state index in [1.165, 1.54) is 4.90 Å². The van der Waals surface area contributed by atoms with Crippen LogP contribution in [-0.2, 0) is 0 Å². The number of hydrogen-bond acceptors (Lipinski definition) is 3. The normalized spacial score (nSPS) is 27.6. The van der Waals surface area contributed by atoms with E-state index in [-0.39, 0.29) is 29.8 Å². The van der Waals surface area contributed by atoms with Crippen molar-refractivity contribution in [2.45, 2.75) is 38.3 Å². The van der Waals surface area contributed by atoms with E-state index in [1.54, 1.807) is 48.5 Å². The summed E-state index contributed by atoms with van der Waals surface area (Å²) in [5.74, 6) is 0.908. The second kappa shape index (κ2) is 7.24. The summed E-state index contributed by atoms with van der Waals surface area (Å²) in [4.78, 5) is 39.6. The molecule has 3 aliphatic rings. The number of nitrogens with one attached hydrogen (secondary N) is 1. The highest BCUT2D eigenvalue weighted by atomic mass is 35.5. The fraction of sp³-hybridized carbons (Fsp3) is 0.375. The van der Waals surface area contributed by atoms with Crippen LogP contribution >= 0.6 is 11.6 Å². The Morgan fingerprint density at radius 3 is 2.13 bits per heavy atom. The van der Waals surface area contributed by atoms with E-state index in [0.29, 0.717) is 39.5 Å². The maximum atomic E-state index is 12.8. The molecule has 6 heteroatoms. The van der Waals surface area contributed by atoms with Crippen molar-refractivity contribution >= 4 is 29.3 Å². The molecule has 0 aromatic heterocycles. The van der Waals surface area contributed by atoms with E-state index in [0.717, 1.165) is 19.3 Å². The minimum atomic E-state index is -0.165. The molecule has 30 heavy (non-hydrogen) atoms. The Balaban J connectivity index is 1.23. The molecule has 5 rings (SSSR count). The summed E-state index contributed by atoms with van der Waals surface area (Å²) >= 11 is 5.91. The summed E-state index contributed by atoms with van der Waals surface area (Å²) in [5.41, 5.74) is 1.63. The quantitative estimate of drug-likeness (QED) is 0.735. The number of nitrogens with zero attached hydrogens (tertiary/aromatic N) is 1. The summed E-state index contributed by atoms with van der Waals surface area (Å²) in [6.45, 7) is 2.09. The molecule has 2 aromatic carbocycles. The van der Waals surface area contributed by atoms with Gasteiger partial charge in [-0.1, -0.05) is 30.7 Å². The van der Waals surface area contributed by atoms with Gasteiger partial charge in [-0.25, -0.2) is 0 Å². The zero-order chi connectivity index (χ0) is 21.0. The lowest BCUT2D eigenvalue weighted by atomic mass is 9.98. The number of amides is 3. The van der Waals surface area contributed by atoms with E-state index < -0.39 is 0 Å². The molecule has 1 N–H and O–H groups in total. The lowest BCUT2D eigenvalue weighted by molar-refractivity contribution is 0.0572. The van der Waals surface area contributed by atoms with Crippen LogP contribution in [0.5, 0.6) is 0 Å². The molecule has 0 saturated heterocycles. The van der Waals surface area contributed by atoms with E-state index in [2.05, 4.69) is 12.2 Å². The second-order valence-electron chi connectivity index (χ2n) is 8.55. The van der Waals surface area contributed by atoms with E-state index in [1.807, 2.05) is 0 Å². The van der Waals surface area contributed by atoms with Gasteiger partial charge in [-0.05, 0) is 73.4 Å². The van der Waals surface area contributed by atoms with Crippen molar-refractivity contribution in [3.63, 3.8) is 0 Å². The molecule has 1 unspecified atom stereocenters. The Morgan fingerprint density at radius 2 is 1.60 bits per heavy atom. The van der Waals surface area contributed by atoms with Crippen molar-refractivity contribution in [1.29, 1.82) is 0 Å². The smallest absolute Gasteiger partial charge is 0.261 e. The van der Waals surface area contributed by atoms with Crippen LogP contribution in [0.4, 0.5) is 0 Å². The van der Waals surface area contributed by atoms with Crippen molar-refractivity contribution in [1.82, 2.24) is 10.2 Å². The summed E-state index contributed by atoms with van der Waals surface area (Å²) in [7, 11) is 0. The molecule has 2 aliphatic carbocycles. The molecule has 0 radical (unpaired) electrons. The van der Waals surface area contributed by atoms with Gasteiger partial charge < -0.3 is 5.32 Å². The monoisotopic (exact) mass is 422 g/mol. The molecule has 0 bridgehead atoms. The third kappa shape index (κ3) is 3.03. The molecule has 0 spiro atoms. The Bertz CT molecular complexity index is 988. The van der Waals surface area contributed by atoms with Crippen LogP contribution in [0, 0.1) is 17.8 Å². The van der Waals surface area contributed by atoms with Gasteiger partial charge >= 0.3 is 0 Å². The van der Waals surface area contributed by atoms with Crippen LogP contribution in [0.25, 0.3) is 0 Å². The summed E-state index contributed by atoms with van der Waals surface area (Å²) in [5, 5.41) is 3.79. The molecular weight excluding hydrogens is 400 g/mol. The first kappa shape index (κ1) is 19.3.